The van der Waals surface area contributed by atoms with Gasteiger partial charge in [0.2, 0.25) is 0 Å². The second kappa shape index (κ2) is 6.41. The molecule has 0 aliphatic carbocycles. The van der Waals surface area contributed by atoms with Gasteiger partial charge in [-0.15, -0.1) is 6.58 Å². The maximum absolute atomic E-state index is 6.12. The lowest BCUT2D eigenvalue weighted by molar-refractivity contribution is -0.0864. The number of rotatable bonds is 5. The minimum Gasteiger partial charge on any atom is -0.359 e. The number of halogens is 2. The van der Waals surface area contributed by atoms with E-state index < -0.39 is 0 Å². The number of unbranched alkanes of at least 4 members (excludes halogenated alkanes) is 1. The number of ether oxygens (including phenoxy) is 1. The van der Waals surface area contributed by atoms with Crippen LogP contribution in [0.3, 0.4) is 0 Å². The van der Waals surface area contributed by atoms with E-state index in [0.717, 1.165) is 24.6 Å². The molecule has 1 fully saturated rings. The van der Waals surface area contributed by atoms with Crippen LogP contribution < -0.4 is 0 Å². The first kappa shape index (κ1) is 13.7. The van der Waals surface area contributed by atoms with Gasteiger partial charge >= 0.3 is 0 Å². The van der Waals surface area contributed by atoms with Gasteiger partial charge in [-0.3, -0.25) is 0 Å². The standard InChI is InChI=1S/C12H20Br2O/c1-3-4-5-6-11-10(2)7-8-12(14,9-13)15-11/h3,10-11H,1,4-9H2,2H3. The van der Waals surface area contributed by atoms with Crippen LogP contribution >= 0.6 is 31.9 Å². The maximum Gasteiger partial charge on any atom is 0.132 e. The van der Waals surface area contributed by atoms with Crippen LogP contribution in [0.2, 0.25) is 0 Å². The quantitative estimate of drug-likeness (QED) is 0.402. The van der Waals surface area contributed by atoms with Crippen molar-refractivity contribution in [3.8, 4) is 0 Å². The summed E-state index contributed by atoms with van der Waals surface area (Å²) in [5.41, 5.74) is 0. The second-order valence-electron chi connectivity index (χ2n) is 4.41. The highest BCUT2D eigenvalue weighted by Gasteiger charge is 2.37. The Bertz CT molecular complexity index is 208. The van der Waals surface area contributed by atoms with Crippen LogP contribution in [0.1, 0.15) is 39.0 Å². The third kappa shape index (κ3) is 4.20. The molecule has 0 radical (unpaired) electrons. The van der Waals surface area contributed by atoms with Gasteiger partial charge in [0.05, 0.1) is 6.10 Å². The Balaban J connectivity index is 2.42. The van der Waals surface area contributed by atoms with Crippen LogP contribution in [0.5, 0.6) is 0 Å². The SMILES string of the molecule is C=CCCCC1OC(Br)(CBr)CCC1C. The molecule has 1 nitrogen and oxygen atoms in total. The molecule has 0 bridgehead atoms. The van der Waals surface area contributed by atoms with Gasteiger partial charge in [0.15, 0.2) is 0 Å². The molecule has 3 atom stereocenters. The van der Waals surface area contributed by atoms with Gasteiger partial charge in [-0.05, 0) is 38.0 Å². The van der Waals surface area contributed by atoms with Crippen LogP contribution in [0.15, 0.2) is 12.7 Å². The lowest BCUT2D eigenvalue weighted by atomic mass is 9.90. The smallest absolute Gasteiger partial charge is 0.132 e. The number of alkyl halides is 2. The highest BCUT2D eigenvalue weighted by atomic mass is 79.9. The van der Waals surface area contributed by atoms with Crippen molar-refractivity contribution in [3.63, 3.8) is 0 Å². The Morgan fingerprint density at radius 2 is 2.33 bits per heavy atom. The van der Waals surface area contributed by atoms with Crippen molar-refractivity contribution >= 4 is 31.9 Å². The lowest BCUT2D eigenvalue weighted by Gasteiger charge is -2.40. The lowest BCUT2D eigenvalue weighted by Crippen LogP contribution is -2.41. The third-order valence-corrected chi connectivity index (χ3v) is 5.59. The molecule has 0 aromatic carbocycles. The van der Waals surface area contributed by atoms with Crippen LogP contribution in [-0.2, 0) is 4.74 Å². The van der Waals surface area contributed by atoms with Gasteiger partial charge in [0.1, 0.15) is 4.51 Å². The molecule has 88 valence electrons. The van der Waals surface area contributed by atoms with Crippen molar-refractivity contribution in [1.82, 2.24) is 0 Å². The summed E-state index contributed by atoms with van der Waals surface area (Å²) in [6, 6.07) is 0. The molecule has 0 saturated carbocycles. The molecule has 1 rings (SSSR count). The largest absolute Gasteiger partial charge is 0.359 e. The van der Waals surface area contributed by atoms with Gasteiger partial charge < -0.3 is 4.74 Å². The molecule has 1 heterocycles. The normalized spacial score (nSPS) is 36.5. The number of hydrogen-bond donors (Lipinski definition) is 0. The molecular formula is C12H20Br2O. The van der Waals surface area contributed by atoms with E-state index in [2.05, 4.69) is 45.4 Å². The molecule has 0 N–H and O–H groups in total. The zero-order chi connectivity index (χ0) is 11.3. The first-order chi connectivity index (χ1) is 7.11. The Morgan fingerprint density at radius 1 is 1.60 bits per heavy atom. The summed E-state index contributed by atoms with van der Waals surface area (Å²) >= 11 is 7.19. The maximum atomic E-state index is 6.12. The average Bonchev–Trinajstić information content (AvgIpc) is 2.24. The van der Waals surface area contributed by atoms with Gasteiger partial charge in [-0.25, -0.2) is 0 Å². The number of hydrogen-bond acceptors (Lipinski definition) is 1. The zero-order valence-corrected chi connectivity index (χ0v) is 12.5. The Labute approximate surface area is 110 Å². The van der Waals surface area contributed by atoms with Crippen LogP contribution in [0.4, 0.5) is 0 Å². The van der Waals surface area contributed by atoms with Crippen molar-refractivity contribution in [2.75, 3.05) is 5.33 Å². The molecule has 0 amide bonds. The van der Waals surface area contributed by atoms with E-state index in [0.29, 0.717) is 12.0 Å². The van der Waals surface area contributed by atoms with Gasteiger partial charge in [0, 0.05) is 5.33 Å². The predicted molar refractivity (Wildman–Crippen MR) is 72.8 cm³/mol. The van der Waals surface area contributed by atoms with E-state index in [9.17, 15) is 0 Å². The first-order valence-corrected chi connectivity index (χ1v) is 7.56. The summed E-state index contributed by atoms with van der Waals surface area (Å²) in [6.07, 6.45) is 8.15. The Morgan fingerprint density at radius 3 is 2.93 bits per heavy atom. The first-order valence-electron chi connectivity index (χ1n) is 5.65. The molecule has 3 heteroatoms. The summed E-state index contributed by atoms with van der Waals surface area (Å²) in [4.78, 5) is 0. The van der Waals surface area contributed by atoms with Crippen molar-refractivity contribution < 1.29 is 4.74 Å². The van der Waals surface area contributed by atoms with Crippen LogP contribution in [-0.4, -0.2) is 15.9 Å². The molecule has 1 aliphatic heterocycles. The van der Waals surface area contributed by atoms with E-state index in [1.165, 1.54) is 12.8 Å². The summed E-state index contributed by atoms with van der Waals surface area (Å²) in [6.45, 7) is 6.04. The molecule has 1 saturated heterocycles. The van der Waals surface area contributed by atoms with Crippen molar-refractivity contribution in [2.45, 2.75) is 49.6 Å². The van der Waals surface area contributed by atoms with Crippen molar-refractivity contribution in [2.24, 2.45) is 5.92 Å². The molecule has 0 aromatic heterocycles. The molecular weight excluding hydrogens is 320 g/mol. The monoisotopic (exact) mass is 338 g/mol. The Hall–Kier alpha value is 0.660. The molecule has 0 aromatic rings. The molecule has 0 spiro atoms. The summed E-state index contributed by atoms with van der Waals surface area (Å²) in [5, 5.41) is 0.866. The fraction of sp³-hybridized carbons (Fsp3) is 0.833. The summed E-state index contributed by atoms with van der Waals surface area (Å²) in [7, 11) is 0. The average molecular weight is 340 g/mol. The fourth-order valence-corrected chi connectivity index (χ4v) is 2.86. The number of allylic oxidation sites excluding steroid dienone is 1. The van der Waals surface area contributed by atoms with Crippen LogP contribution in [0, 0.1) is 5.92 Å². The van der Waals surface area contributed by atoms with Gasteiger partial charge in [-0.2, -0.15) is 0 Å². The minimum absolute atomic E-state index is 0.127. The zero-order valence-electron chi connectivity index (χ0n) is 9.35. The van der Waals surface area contributed by atoms with Gasteiger partial charge in [-0.1, -0.05) is 44.9 Å². The van der Waals surface area contributed by atoms with E-state index in [1.54, 1.807) is 0 Å². The highest BCUT2D eigenvalue weighted by molar-refractivity contribution is 9.12. The summed E-state index contributed by atoms with van der Waals surface area (Å²) in [5.74, 6) is 0.680. The van der Waals surface area contributed by atoms with Crippen LogP contribution in [0.25, 0.3) is 0 Å². The van der Waals surface area contributed by atoms with E-state index in [4.69, 9.17) is 4.74 Å². The van der Waals surface area contributed by atoms with E-state index in [-0.39, 0.29) is 4.51 Å². The Kier molecular flexibility index (Phi) is 5.86. The molecule has 15 heavy (non-hydrogen) atoms. The second-order valence-corrected chi connectivity index (χ2v) is 6.41. The topological polar surface area (TPSA) is 9.23 Å². The van der Waals surface area contributed by atoms with Crippen molar-refractivity contribution in [3.05, 3.63) is 12.7 Å². The van der Waals surface area contributed by atoms with Gasteiger partial charge in [0.25, 0.3) is 0 Å². The van der Waals surface area contributed by atoms with E-state index >= 15 is 0 Å². The third-order valence-electron chi connectivity index (χ3n) is 3.07. The molecule has 3 unspecified atom stereocenters. The summed E-state index contributed by atoms with van der Waals surface area (Å²) < 4.78 is 5.99. The predicted octanol–water partition coefficient (Wildman–Crippen LogP) is 4.64. The van der Waals surface area contributed by atoms with E-state index in [1.807, 2.05) is 6.08 Å². The highest BCUT2D eigenvalue weighted by Crippen LogP contribution is 2.39. The van der Waals surface area contributed by atoms with Crippen molar-refractivity contribution in [1.29, 1.82) is 0 Å². The minimum atomic E-state index is -0.127. The fourth-order valence-electron chi connectivity index (χ4n) is 1.98. The molecule has 1 aliphatic rings.